The van der Waals surface area contributed by atoms with Crippen molar-refractivity contribution in [2.45, 2.75) is 26.8 Å². The average molecular weight is 341 g/mol. The van der Waals surface area contributed by atoms with E-state index in [0.29, 0.717) is 32.8 Å². The fourth-order valence-corrected chi connectivity index (χ4v) is 2.70. The molecule has 0 aliphatic carbocycles. The van der Waals surface area contributed by atoms with Crippen LogP contribution in [-0.4, -0.2) is 25.7 Å². The molecule has 1 aliphatic rings. The zero-order chi connectivity index (χ0) is 17.6. The number of nitrogens with one attached hydrogen (secondary N) is 1. The Morgan fingerprint density at radius 2 is 1.88 bits per heavy atom. The van der Waals surface area contributed by atoms with Gasteiger partial charge in [-0.2, -0.15) is 0 Å². The normalized spacial score (nSPS) is 12.6. The van der Waals surface area contributed by atoms with Crippen LogP contribution in [-0.2, 0) is 11.3 Å². The highest BCUT2D eigenvalue weighted by molar-refractivity contribution is 5.76. The summed E-state index contributed by atoms with van der Waals surface area (Å²) in [5, 5.41) is 2.90. The molecule has 2 aromatic rings. The molecule has 0 spiro atoms. The van der Waals surface area contributed by atoms with Crippen molar-refractivity contribution < 1.29 is 19.0 Å². The molecule has 132 valence electrons. The molecule has 0 saturated heterocycles. The van der Waals surface area contributed by atoms with Gasteiger partial charge in [0.2, 0.25) is 5.91 Å². The number of carbonyl (C=O) groups is 1. The molecule has 5 nitrogen and oxygen atoms in total. The van der Waals surface area contributed by atoms with Crippen molar-refractivity contribution in [1.29, 1.82) is 0 Å². The van der Waals surface area contributed by atoms with Gasteiger partial charge in [-0.1, -0.05) is 23.8 Å². The molecule has 0 atom stereocenters. The van der Waals surface area contributed by atoms with Gasteiger partial charge in [-0.05, 0) is 43.2 Å². The molecule has 0 fully saturated rings. The van der Waals surface area contributed by atoms with E-state index in [1.54, 1.807) is 0 Å². The highest BCUT2D eigenvalue weighted by atomic mass is 16.6. The van der Waals surface area contributed by atoms with Crippen LogP contribution in [0.1, 0.15) is 23.1 Å². The molecule has 5 heteroatoms. The monoisotopic (exact) mass is 341 g/mol. The second-order valence-electron chi connectivity index (χ2n) is 6.12. The zero-order valence-electron chi connectivity index (χ0n) is 14.6. The maximum Gasteiger partial charge on any atom is 0.223 e. The highest BCUT2D eigenvalue weighted by Gasteiger charge is 2.12. The third-order valence-electron chi connectivity index (χ3n) is 4.01. The Bertz CT molecular complexity index is 757. The summed E-state index contributed by atoms with van der Waals surface area (Å²) >= 11 is 0. The van der Waals surface area contributed by atoms with Gasteiger partial charge in [-0.3, -0.25) is 4.79 Å². The molecular formula is C20H23NO4. The zero-order valence-corrected chi connectivity index (χ0v) is 14.6. The summed E-state index contributed by atoms with van der Waals surface area (Å²) in [5.74, 6) is 2.27. The van der Waals surface area contributed by atoms with Crippen LogP contribution in [0.3, 0.4) is 0 Å². The summed E-state index contributed by atoms with van der Waals surface area (Å²) in [6, 6.07) is 11.7. The average Bonchev–Trinajstić information content (AvgIpc) is 2.61. The van der Waals surface area contributed by atoms with E-state index in [0.717, 1.165) is 28.4 Å². The lowest BCUT2D eigenvalue weighted by molar-refractivity contribution is -0.121. The maximum atomic E-state index is 12.0. The summed E-state index contributed by atoms with van der Waals surface area (Å²) in [5.41, 5.74) is 3.26. The van der Waals surface area contributed by atoms with E-state index < -0.39 is 0 Å². The molecular weight excluding hydrogens is 318 g/mol. The van der Waals surface area contributed by atoms with Gasteiger partial charge in [-0.25, -0.2) is 0 Å². The van der Waals surface area contributed by atoms with Crippen molar-refractivity contribution in [1.82, 2.24) is 5.32 Å². The number of amides is 1. The standard InChI is InChI=1S/C20H23NO4/c1-14-3-5-17(15(2)11-14)23-8-7-20(22)21-13-16-4-6-18-19(12-16)25-10-9-24-18/h3-6,11-12H,7-10,13H2,1-2H3,(H,21,22). The minimum Gasteiger partial charge on any atom is -0.493 e. The molecule has 1 N–H and O–H groups in total. The first kappa shape index (κ1) is 17.1. The number of benzene rings is 2. The van der Waals surface area contributed by atoms with Crippen molar-refractivity contribution in [3.05, 3.63) is 53.1 Å². The fourth-order valence-electron chi connectivity index (χ4n) is 2.70. The summed E-state index contributed by atoms with van der Waals surface area (Å²) in [7, 11) is 0. The highest BCUT2D eigenvalue weighted by Crippen LogP contribution is 2.30. The van der Waals surface area contributed by atoms with E-state index in [1.807, 2.05) is 44.2 Å². The lowest BCUT2D eigenvalue weighted by atomic mass is 10.1. The van der Waals surface area contributed by atoms with Gasteiger partial charge >= 0.3 is 0 Å². The third kappa shape index (κ3) is 4.66. The summed E-state index contributed by atoms with van der Waals surface area (Å²) in [6.45, 7) is 5.99. The maximum absolute atomic E-state index is 12.0. The topological polar surface area (TPSA) is 56.8 Å². The lowest BCUT2D eigenvalue weighted by Gasteiger charge is -2.19. The smallest absolute Gasteiger partial charge is 0.223 e. The molecule has 1 aliphatic heterocycles. The van der Waals surface area contributed by atoms with Crippen LogP contribution in [0.25, 0.3) is 0 Å². The van der Waals surface area contributed by atoms with Gasteiger partial charge in [0.15, 0.2) is 11.5 Å². The predicted octanol–water partition coefficient (Wildman–Crippen LogP) is 3.16. The Balaban J connectivity index is 1.43. The molecule has 1 heterocycles. The van der Waals surface area contributed by atoms with Gasteiger partial charge < -0.3 is 19.5 Å². The van der Waals surface area contributed by atoms with Gasteiger partial charge in [-0.15, -0.1) is 0 Å². The predicted molar refractivity (Wildman–Crippen MR) is 95.3 cm³/mol. The van der Waals surface area contributed by atoms with Crippen LogP contribution < -0.4 is 19.5 Å². The second-order valence-corrected chi connectivity index (χ2v) is 6.12. The number of hydrogen-bond donors (Lipinski definition) is 1. The molecule has 25 heavy (non-hydrogen) atoms. The minimum atomic E-state index is -0.0420. The van der Waals surface area contributed by atoms with Crippen molar-refractivity contribution in [3.63, 3.8) is 0 Å². The summed E-state index contributed by atoms with van der Waals surface area (Å²) < 4.78 is 16.7. The van der Waals surface area contributed by atoms with Crippen LogP contribution in [0.5, 0.6) is 17.2 Å². The molecule has 2 aromatic carbocycles. The number of ether oxygens (including phenoxy) is 3. The first-order valence-corrected chi connectivity index (χ1v) is 8.47. The lowest BCUT2D eigenvalue weighted by Crippen LogP contribution is -2.24. The second kappa shape index (κ2) is 7.92. The molecule has 0 unspecified atom stereocenters. The Morgan fingerprint density at radius 1 is 1.08 bits per heavy atom. The molecule has 3 rings (SSSR count). The van der Waals surface area contributed by atoms with Gasteiger partial charge in [0.25, 0.3) is 0 Å². The molecule has 0 bridgehead atoms. The first-order chi connectivity index (χ1) is 12.1. The fraction of sp³-hybridized carbons (Fsp3) is 0.350. The Kier molecular flexibility index (Phi) is 5.43. The van der Waals surface area contributed by atoms with Crippen LogP contribution >= 0.6 is 0 Å². The molecule has 1 amide bonds. The molecule has 0 radical (unpaired) electrons. The number of hydrogen-bond acceptors (Lipinski definition) is 4. The Labute approximate surface area is 147 Å². The number of aryl methyl sites for hydroxylation is 2. The van der Waals surface area contributed by atoms with Crippen LogP contribution in [0.4, 0.5) is 0 Å². The largest absolute Gasteiger partial charge is 0.493 e. The first-order valence-electron chi connectivity index (χ1n) is 8.47. The SMILES string of the molecule is Cc1ccc(OCCC(=O)NCc2ccc3c(c2)OCCO3)c(C)c1. The minimum absolute atomic E-state index is 0.0420. The molecule has 0 aromatic heterocycles. The number of carbonyl (C=O) groups excluding carboxylic acids is 1. The van der Waals surface area contributed by atoms with E-state index in [9.17, 15) is 4.79 Å². The van der Waals surface area contributed by atoms with Crippen molar-refractivity contribution in [2.75, 3.05) is 19.8 Å². The number of rotatable bonds is 6. The van der Waals surface area contributed by atoms with Crippen molar-refractivity contribution in [2.24, 2.45) is 0 Å². The van der Waals surface area contributed by atoms with E-state index in [2.05, 4.69) is 11.4 Å². The van der Waals surface area contributed by atoms with Gasteiger partial charge in [0.1, 0.15) is 19.0 Å². The summed E-state index contributed by atoms with van der Waals surface area (Å²) in [6.07, 6.45) is 0.317. The van der Waals surface area contributed by atoms with Gasteiger partial charge in [0.05, 0.1) is 13.0 Å². The van der Waals surface area contributed by atoms with Crippen molar-refractivity contribution in [3.8, 4) is 17.2 Å². The molecule has 0 saturated carbocycles. The Morgan fingerprint density at radius 3 is 2.68 bits per heavy atom. The van der Waals surface area contributed by atoms with E-state index >= 15 is 0 Å². The third-order valence-corrected chi connectivity index (χ3v) is 4.01. The van der Waals surface area contributed by atoms with Gasteiger partial charge in [0, 0.05) is 6.54 Å². The van der Waals surface area contributed by atoms with Crippen LogP contribution in [0.15, 0.2) is 36.4 Å². The van der Waals surface area contributed by atoms with E-state index in [-0.39, 0.29) is 5.91 Å². The van der Waals surface area contributed by atoms with E-state index in [1.165, 1.54) is 5.56 Å². The number of fused-ring (bicyclic) bond motifs is 1. The summed E-state index contributed by atoms with van der Waals surface area (Å²) in [4.78, 5) is 12.0. The van der Waals surface area contributed by atoms with Crippen LogP contribution in [0, 0.1) is 13.8 Å². The van der Waals surface area contributed by atoms with Crippen molar-refractivity contribution >= 4 is 5.91 Å². The quantitative estimate of drug-likeness (QED) is 0.877. The van der Waals surface area contributed by atoms with E-state index in [4.69, 9.17) is 14.2 Å². The van der Waals surface area contributed by atoms with Crippen LogP contribution in [0.2, 0.25) is 0 Å². The Hall–Kier alpha value is -2.69.